The number of alkyl halides is 2. The lowest BCUT2D eigenvalue weighted by molar-refractivity contribution is 0.296. The summed E-state index contributed by atoms with van der Waals surface area (Å²) in [5.41, 5.74) is -0.0351. The topological polar surface area (TPSA) is 47.2 Å². The van der Waals surface area contributed by atoms with Crippen LogP contribution in [0.5, 0.6) is 0 Å². The third kappa shape index (κ3) is 4.84. The van der Waals surface area contributed by atoms with E-state index in [1.807, 2.05) is 4.90 Å². The maximum atomic E-state index is 11.9. The molecule has 1 aromatic heterocycles. The van der Waals surface area contributed by atoms with Gasteiger partial charge in [0.2, 0.25) is 0 Å². The molecule has 0 fully saturated rings. The molecule has 0 spiro atoms. The van der Waals surface area contributed by atoms with E-state index in [1.165, 1.54) is 11.6 Å². The molecule has 1 aromatic rings. The molecule has 0 aromatic carbocycles. The van der Waals surface area contributed by atoms with Crippen LogP contribution in [0.4, 0.5) is 0 Å². The van der Waals surface area contributed by atoms with Gasteiger partial charge in [0.05, 0.1) is 0 Å². The molecule has 0 saturated carbocycles. The molecule has 0 aliphatic carbocycles. The Kier molecular flexibility index (Phi) is 8.41. The molecule has 0 bridgehead atoms. The van der Waals surface area contributed by atoms with Gasteiger partial charge in [-0.15, -0.1) is 35.6 Å². The molecule has 0 radical (unpaired) electrons. The SMILES string of the molecule is Cl.Cn1cc(CN(CCCl)CCCl)c(=O)n(C)c1=O. The third-order valence-electron chi connectivity index (χ3n) is 2.71. The van der Waals surface area contributed by atoms with E-state index in [0.29, 0.717) is 37.0 Å². The van der Waals surface area contributed by atoms with Crippen LogP contribution in [0.2, 0.25) is 0 Å². The minimum atomic E-state index is -0.329. The molecule has 1 heterocycles. The van der Waals surface area contributed by atoms with E-state index in [2.05, 4.69) is 0 Å². The second-order valence-electron chi connectivity index (χ2n) is 4.07. The maximum Gasteiger partial charge on any atom is 0.330 e. The Balaban J connectivity index is 0.00000324. The summed E-state index contributed by atoms with van der Waals surface area (Å²) in [6.07, 6.45) is 1.57. The summed E-state index contributed by atoms with van der Waals surface area (Å²) >= 11 is 11.4. The average molecular weight is 331 g/mol. The van der Waals surface area contributed by atoms with Gasteiger partial charge in [0.25, 0.3) is 5.56 Å². The van der Waals surface area contributed by atoms with E-state index in [-0.39, 0.29) is 23.7 Å². The zero-order chi connectivity index (χ0) is 13.7. The standard InChI is InChI=1S/C11H17Cl2N3O2.ClH/c1-14-7-9(10(17)15(2)11(14)18)8-16(5-3-12)6-4-13;/h7H,3-6,8H2,1-2H3;1H. The van der Waals surface area contributed by atoms with Crippen molar-refractivity contribution < 1.29 is 0 Å². The first-order valence-electron chi connectivity index (χ1n) is 5.61. The van der Waals surface area contributed by atoms with Gasteiger partial charge in [0, 0.05) is 57.2 Å². The highest BCUT2D eigenvalue weighted by atomic mass is 35.5. The highest BCUT2D eigenvalue weighted by Crippen LogP contribution is 1.99. The van der Waals surface area contributed by atoms with Crippen molar-refractivity contribution in [2.24, 2.45) is 14.1 Å². The monoisotopic (exact) mass is 329 g/mol. The molecule has 0 amide bonds. The Labute approximate surface area is 128 Å². The molecule has 8 heteroatoms. The van der Waals surface area contributed by atoms with Crippen LogP contribution in [0.1, 0.15) is 5.56 Å². The van der Waals surface area contributed by atoms with Crippen LogP contribution in [0.25, 0.3) is 0 Å². The molecular formula is C11H18Cl3N3O2. The second-order valence-corrected chi connectivity index (χ2v) is 4.82. The fourth-order valence-corrected chi connectivity index (χ4v) is 2.22. The van der Waals surface area contributed by atoms with Gasteiger partial charge in [-0.05, 0) is 0 Å². The Morgan fingerprint density at radius 2 is 1.68 bits per heavy atom. The molecule has 0 N–H and O–H groups in total. The van der Waals surface area contributed by atoms with Crippen LogP contribution in [-0.4, -0.2) is 38.9 Å². The molecule has 1 rings (SSSR count). The fraction of sp³-hybridized carbons (Fsp3) is 0.636. The zero-order valence-corrected chi connectivity index (χ0v) is 13.3. The average Bonchev–Trinajstić information content (AvgIpc) is 2.34. The van der Waals surface area contributed by atoms with Crippen molar-refractivity contribution in [3.8, 4) is 0 Å². The third-order valence-corrected chi connectivity index (χ3v) is 3.05. The van der Waals surface area contributed by atoms with Crippen molar-refractivity contribution in [3.05, 3.63) is 32.6 Å². The Morgan fingerprint density at radius 3 is 2.16 bits per heavy atom. The lowest BCUT2D eigenvalue weighted by Crippen LogP contribution is -2.40. The lowest BCUT2D eigenvalue weighted by atomic mass is 10.3. The van der Waals surface area contributed by atoms with Crippen LogP contribution in [0.3, 0.4) is 0 Å². The summed E-state index contributed by atoms with van der Waals surface area (Å²) in [6.45, 7) is 1.75. The number of aromatic nitrogens is 2. The number of nitrogens with zero attached hydrogens (tertiary/aromatic N) is 3. The first kappa shape index (κ1) is 18.5. The Hall–Kier alpha value is -0.490. The molecular weight excluding hydrogens is 312 g/mol. The highest BCUT2D eigenvalue weighted by molar-refractivity contribution is 6.18. The summed E-state index contributed by atoms with van der Waals surface area (Å²) in [7, 11) is 3.10. The number of aryl methyl sites for hydroxylation is 1. The Morgan fingerprint density at radius 1 is 1.16 bits per heavy atom. The summed E-state index contributed by atoms with van der Waals surface area (Å²) < 4.78 is 2.51. The van der Waals surface area contributed by atoms with Crippen molar-refractivity contribution in [2.45, 2.75) is 6.54 Å². The van der Waals surface area contributed by atoms with Gasteiger partial charge in [0.1, 0.15) is 0 Å². The van der Waals surface area contributed by atoms with Crippen LogP contribution in [0.15, 0.2) is 15.8 Å². The van der Waals surface area contributed by atoms with E-state index < -0.39 is 0 Å². The molecule has 19 heavy (non-hydrogen) atoms. The van der Waals surface area contributed by atoms with Crippen LogP contribution >= 0.6 is 35.6 Å². The molecule has 0 atom stereocenters. The van der Waals surface area contributed by atoms with Crippen LogP contribution in [0, 0.1) is 0 Å². The van der Waals surface area contributed by atoms with E-state index in [1.54, 1.807) is 13.2 Å². The van der Waals surface area contributed by atoms with E-state index in [0.717, 1.165) is 4.57 Å². The van der Waals surface area contributed by atoms with Gasteiger partial charge in [0.15, 0.2) is 0 Å². The number of hydrogen-bond acceptors (Lipinski definition) is 3. The van der Waals surface area contributed by atoms with Gasteiger partial charge in [-0.2, -0.15) is 0 Å². The second kappa shape index (κ2) is 8.64. The summed E-state index contributed by atoms with van der Waals surface area (Å²) in [6, 6.07) is 0. The largest absolute Gasteiger partial charge is 0.330 e. The predicted molar refractivity (Wildman–Crippen MR) is 80.9 cm³/mol. The Bertz CT molecular complexity index is 507. The number of rotatable bonds is 6. The van der Waals surface area contributed by atoms with Gasteiger partial charge in [-0.1, -0.05) is 0 Å². The molecule has 0 aliphatic rings. The van der Waals surface area contributed by atoms with Crippen molar-refractivity contribution in [2.75, 3.05) is 24.8 Å². The van der Waals surface area contributed by atoms with Crippen molar-refractivity contribution in [3.63, 3.8) is 0 Å². The molecule has 5 nitrogen and oxygen atoms in total. The van der Waals surface area contributed by atoms with Crippen LogP contribution in [-0.2, 0) is 20.6 Å². The molecule has 110 valence electrons. The first-order chi connectivity index (χ1) is 8.51. The quantitative estimate of drug-likeness (QED) is 0.725. The summed E-state index contributed by atoms with van der Waals surface area (Å²) in [5.74, 6) is 0.950. The van der Waals surface area contributed by atoms with Gasteiger partial charge in [-0.3, -0.25) is 14.3 Å². The highest BCUT2D eigenvalue weighted by Gasteiger charge is 2.11. The van der Waals surface area contributed by atoms with Crippen LogP contribution < -0.4 is 11.2 Å². The lowest BCUT2D eigenvalue weighted by Gasteiger charge is -2.20. The number of halogens is 3. The molecule has 0 unspecified atom stereocenters. The smallest absolute Gasteiger partial charge is 0.303 e. The maximum absolute atomic E-state index is 11.9. The van der Waals surface area contributed by atoms with E-state index in [9.17, 15) is 9.59 Å². The van der Waals surface area contributed by atoms with Crippen molar-refractivity contribution in [1.82, 2.24) is 14.0 Å². The summed E-state index contributed by atoms with van der Waals surface area (Å²) in [5, 5.41) is 0. The van der Waals surface area contributed by atoms with Crippen molar-refractivity contribution >= 4 is 35.6 Å². The first-order valence-corrected chi connectivity index (χ1v) is 6.68. The van der Waals surface area contributed by atoms with Gasteiger partial charge < -0.3 is 4.57 Å². The predicted octanol–water partition coefficient (Wildman–Crippen LogP) is 0.785. The fourth-order valence-electron chi connectivity index (χ4n) is 1.74. The minimum Gasteiger partial charge on any atom is -0.303 e. The number of hydrogen-bond donors (Lipinski definition) is 0. The van der Waals surface area contributed by atoms with Gasteiger partial charge in [-0.25, -0.2) is 4.79 Å². The van der Waals surface area contributed by atoms with E-state index in [4.69, 9.17) is 23.2 Å². The minimum absolute atomic E-state index is 0. The zero-order valence-electron chi connectivity index (χ0n) is 10.9. The van der Waals surface area contributed by atoms with Crippen molar-refractivity contribution in [1.29, 1.82) is 0 Å². The van der Waals surface area contributed by atoms with Gasteiger partial charge >= 0.3 is 5.69 Å². The molecule has 0 saturated heterocycles. The van der Waals surface area contributed by atoms with E-state index >= 15 is 0 Å². The summed E-state index contributed by atoms with van der Waals surface area (Å²) in [4.78, 5) is 25.5. The normalized spacial score (nSPS) is 10.6. The molecule has 0 aliphatic heterocycles.